The maximum absolute atomic E-state index is 12.6. The van der Waals surface area contributed by atoms with E-state index in [4.69, 9.17) is 18.1 Å². The topological polar surface area (TPSA) is 178 Å². The van der Waals surface area contributed by atoms with Crippen LogP contribution >= 0.6 is 0 Å². The summed E-state index contributed by atoms with van der Waals surface area (Å²) in [7, 11) is -3.56. The van der Waals surface area contributed by atoms with Gasteiger partial charge in [-0.25, -0.2) is 13.2 Å². The average molecular weight is 569 g/mol. The second-order valence-electron chi connectivity index (χ2n) is 9.47. The molecule has 0 bridgehead atoms. The molecule has 0 aliphatic carbocycles. The van der Waals surface area contributed by atoms with Crippen LogP contribution in [0.3, 0.4) is 0 Å². The second-order valence-corrected chi connectivity index (χ2v) is 11.5. The highest BCUT2D eigenvalue weighted by Crippen LogP contribution is 2.38. The first-order valence-electron chi connectivity index (χ1n) is 12.0. The third-order valence-electron chi connectivity index (χ3n) is 6.57. The third-order valence-corrected chi connectivity index (χ3v) is 7.77. The van der Waals surface area contributed by atoms with Gasteiger partial charge in [0.1, 0.15) is 17.5 Å². The van der Waals surface area contributed by atoms with Crippen LogP contribution in [0, 0.1) is 25.7 Å². The number of carboxylic acid groups (broad SMARTS) is 1. The lowest BCUT2D eigenvalue weighted by atomic mass is 9.81. The molecule has 14 heteroatoms. The van der Waals surface area contributed by atoms with Crippen molar-refractivity contribution in [2.45, 2.75) is 32.3 Å². The number of furan rings is 1. The highest BCUT2D eigenvalue weighted by Gasteiger charge is 2.57. The van der Waals surface area contributed by atoms with Crippen LogP contribution in [0.4, 0.5) is 10.5 Å². The summed E-state index contributed by atoms with van der Waals surface area (Å²) in [4.78, 5) is 28.6. The number of rotatable bonds is 6. The summed E-state index contributed by atoms with van der Waals surface area (Å²) in [6, 6.07) is 8.98. The molecule has 1 fully saturated rings. The summed E-state index contributed by atoms with van der Waals surface area (Å²) in [5, 5.41) is 16.2. The zero-order valence-corrected chi connectivity index (χ0v) is 22.7. The quantitative estimate of drug-likeness (QED) is 0.326. The zero-order chi connectivity index (χ0) is 28.8. The minimum Gasteiger partial charge on any atom is -0.480 e. The molecule has 40 heavy (non-hydrogen) atoms. The number of oxazole rings is 1. The van der Waals surface area contributed by atoms with E-state index in [0.717, 1.165) is 21.7 Å². The maximum atomic E-state index is 12.6. The molecule has 13 nitrogen and oxygen atoms in total. The predicted octanol–water partition coefficient (Wildman–Crippen LogP) is 3.33. The van der Waals surface area contributed by atoms with E-state index in [9.17, 15) is 23.1 Å². The number of amides is 1. The van der Waals surface area contributed by atoms with Crippen molar-refractivity contribution in [3.05, 3.63) is 64.6 Å². The number of aryl methyl sites for hydroxylation is 2. The van der Waals surface area contributed by atoms with Crippen LogP contribution in [-0.4, -0.2) is 59.4 Å². The van der Waals surface area contributed by atoms with Crippen molar-refractivity contribution in [3.63, 3.8) is 0 Å². The Balaban J connectivity index is 1.31. The lowest BCUT2D eigenvalue weighted by Crippen LogP contribution is -2.64. The van der Waals surface area contributed by atoms with Crippen LogP contribution in [0.15, 0.2) is 43.7 Å². The van der Waals surface area contributed by atoms with Crippen molar-refractivity contribution in [1.29, 1.82) is 0 Å². The number of carboxylic acids is 1. The van der Waals surface area contributed by atoms with E-state index in [0.29, 0.717) is 5.69 Å². The Labute approximate surface area is 228 Å². The molecule has 1 aliphatic rings. The number of sulfonamides is 1. The lowest BCUT2D eigenvalue weighted by Gasteiger charge is -2.42. The third kappa shape index (κ3) is 4.92. The Kier molecular flexibility index (Phi) is 6.64. The van der Waals surface area contributed by atoms with E-state index < -0.39 is 33.6 Å². The Morgan fingerprint density at radius 2 is 1.93 bits per heavy atom. The molecule has 5 rings (SSSR count). The van der Waals surface area contributed by atoms with Gasteiger partial charge in [0, 0.05) is 19.2 Å². The summed E-state index contributed by atoms with van der Waals surface area (Å²) in [6.45, 7) is 4.72. The number of carbonyl (C=O) groups excluding carboxylic acids is 1. The van der Waals surface area contributed by atoms with Crippen molar-refractivity contribution in [2.24, 2.45) is 0 Å². The first-order valence-corrected chi connectivity index (χ1v) is 13.8. The first kappa shape index (κ1) is 27.0. The van der Waals surface area contributed by atoms with Crippen LogP contribution in [0.5, 0.6) is 0 Å². The molecule has 2 N–H and O–H groups in total. The standard InChI is InChI=1S/C26H24N4O9S/c1-14-7-5-6-8-18(14)16(3)36-25(33)27-21-15(2)29-39-19(21)10-9-17-11-20-22(37-17)28-23(38-20)26(24(31)32)12-30(13-26)40(4,34)35/h5-8,11,16H,12-13H2,1-4H3,(H,27,33)(H,31,32). The van der Waals surface area contributed by atoms with Crippen molar-refractivity contribution >= 4 is 39.1 Å². The molecule has 0 radical (unpaired) electrons. The molecule has 0 spiro atoms. The number of hydrogen-bond donors (Lipinski definition) is 2. The van der Waals surface area contributed by atoms with Gasteiger partial charge in [-0.1, -0.05) is 29.4 Å². The van der Waals surface area contributed by atoms with Crippen LogP contribution in [0.25, 0.3) is 11.3 Å². The molecule has 0 saturated carbocycles. The van der Waals surface area contributed by atoms with Crippen molar-refractivity contribution < 1.29 is 41.2 Å². The van der Waals surface area contributed by atoms with Gasteiger partial charge in [-0.05, 0) is 43.7 Å². The fourth-order valence-electron chi connectivity index (χ4n) is 4.27. The number of benzene rings is 1. The number of aromatic nitrogens is 2. The van der Waals surface area contributed by atoms with Gasteiger partial charge in [-0.3, -0.25) is 10.1 Å². The highest BCUT2D eigenvalue weighted by molar-refractivity contribution is 7.88. The summed E-state index contributed by atoms with van der Waals surface area (Å²) < 4.78 is 46.4. The molecular formula is C26H24N4O9S. The molecule has 1 saturated heterocycles. The molecule has 208 valence electrons. The van der Waals surface area contributed by atoms with Gasteiger partial charge in [-0.2, -0.15) is 9.29 Å². The summed E-state index contributed by atoms with van der Waals surface area (Å²) in [6.07, 6.45) is -0.214. The van der Waals surface area contributed by atoms with Gasteiger partial charge in [0.2, 0.25) is 21.7 Å². The second kappa shape index (κ2) is 9.85. The van der Waals surface area contributed by atoms with Gasteiger partial charge < -0.3 is 23.2 Å². The van der Waals surface area contributed by atoms with Gasteiger partial charge in [0.25, 0.3) is 5.71 Å². The summed E-state index contributed by atoms with van der Waals surface area (Å²) in [5.74, 6) is 4.21. The number of aliphatic carboxylic acids is 1. The van der Waals surface area contributed by atoms with Crippen LogP contribution in [-0.2, 0) is 25.0 Å². The Morgan fingerprint density at radius 3 is 2.58 bits per heavy atom. The number of nitrogens with one attached hydrogen (secondary N) is 1. The molecule has 1 aromatic carbocycles. The summed E-state index contributed by atoms with van der Waals surface area (Å²) >= 11 is 0. The molecule has 1 atom stereocenters. The highest BCUT2D eigenvalue weighted by atomic mass is 32.2. The van der Waals surface area contributed by atoms with Gasteiger partial charge in [-0.15, -0.1) is 0 Å². The molecule has 3 aromatic heterocycles. The van der Waals surface area contributed by atoms with Crippen LogP contribution in [0.1, 0.15) is 47.3 Å². The number of hydrogen-bond acceptors (Lipinski definition) is 10. The van der Waals surface area contributed by atoms with E-state index in [1.807, 2.05) is 31.2 Å². The lowest BCUT2D eigenvalue weighted by molar-refractivity contribution is -0.149. The minimum atomic E-state index is -3.56. The number of carbonyl (C=O) groups is 2. The smallest absolute Gasteiger partial charge is 0.412 e. The number of anilines is 1. The molecule has 1 amide bonds. The van der Waals surface area contributed by atoms with E-state index in [2.05, 4.69) is 27.3 Å². The van der Waals surface area contributed by atoms with Gasteiger partial charge in [0.15, 0.2) is 16.8 Å². The maximum Gasteiger partial charge on any atom is 0.412 e. The van der Waals surface area contributed by atoms with E-state index >= 15 is 0 Å². The molecule has 4 aromatic rings. The van der Waals surface area contributed by atoms with Gasteiger partial charge in [0.05, 0.1) is 6.26 Å². The monoisotopic (exact) mass is 568 g/mol. The average Bonchev–Trinajstić information content (AvgIpc) is 3.50. The number of fused-ring (bicyclic) bond motifs is 1. The normalized spacial score (nSPS) is 15.6. The van der Waals surface area contributed by atoms with E-state index in [1.165, 1.54) is 6.07 Å². The fourth-order valence-corrected chi connectivity index (χ4v) is 5.18. The van der Waals surface area contributed by atoms with Crippen molar-refractivity contribution in [2.75, 3.05) is 24.7 Å². The van der Waals surface area contributed by atoms with Crippen LogP contribution < -0.4 is 5.32 Å². The van der Waals surface area contributed by atoms with Crippen molar-refractivity contribution in [1.82, 2.24) is 14.4 Å². The first-order chi connectivity index (χ1) is 18.9. The minimum absolute atomic E-state index is 0.00130. The Morgan fingerprint density at radius 1 is 1.20 bits per heavy atom. The SMILES string of the molecule is Cc1ccccc1C(C)OC(=O)Nc1c(C)noc1C#Cc1cc2oc(C3(C(=O)O)CN(S(C)(=O)=O)C3)nc2o1. The zero-order valence-electron chi connectivity index (χ0n) is 21.8. The Bertz CT molecular complexity index is 1770. The summed E-state index contributed by atoms with van der Waals surface area (Å²) in [5.41, 5.74) is 0.999. The molecular weight excluding hydrogens is 544 g/mol. The fraction of sp³-hybridized carbons (Fsp3) is 0.308. The van der Waals surface area contributed by atoms with Gasteiger partial charge >= 0.3 is 12.1 Å². The molecule has 1 unspecified atom stereocenters. The number of nitrogens with zero attached hydrogens (tertiary/aromatic N) is 3. The van der Waals surface area contributed by atoms with E-state index in [-0.39, 0.29) is 47.5 Å². The molecule has 4 heterocycles. The predicted molar refractivity (Wildman–Crippen MR) is 139 cm³/mol. The largest absolute Gasteiger partial charge is 0.480 e. The number of ether oxygens (including phenoxy) is 1. The Hall–Kier alpha value is -4.61. The van der Waals surface area contributed by atoms with E-state index in [1.54, 1.807) is 13.8 Å². The van der Waals surface area contributed by atoms with Crippen LogP contribution in [0.2, 0.25) is 0 Å². The van der Waals surface area contributed by atoms with Crippen molar-refractivity contribution in [3.8, 4) is 11.8 Å². The molecule has 1 aliphatic heterocycles.